The van der Waals surface area contributed by atoms with Crippen LogP contribution in [0.3, 0.4) is 0 Å². The van der Waals surface area contributed by atoms with Crippen LogP contribution in [0.1, 0.15) is 30.5 Å². The van der Waals surface area contributed by atoms with Crippen LogP contribution in [-0.2, 0) is 14.8 Å². The molecule has 2 heterocycles. The van der Waals surface area contributed by atoms with Crippen molar-refractivity contribution in [2.24, 2.45) is 5.10 Å². The number of hydrogen-bond donors (Lipinski definition) is 1. The van der Waals surface area contributed by atoms with Crippen molar-refractivity contribution in [3.8, 4) is 0 Å². The molecule has 0 bridgehead atoms. The number of anilines is 1. The second-order valence-electron chi connectivity index (χ2n) is 7.04. The van der Waals surface area contributed by atoms with Crippen molar-refractivity contribution >= 4 is 38.2 Å². The number of hydrazone groups is 1. The van der Waals surface area contributed by atoms with E-state index in [1.165, 1.54) is 11.9 Å². The second-order valence-corrected chi connectivity index (χ2v) is 8.79. The molecule has 1 N–H and O–H groups in total. The number of aromatic nitrogens is 1. The number of nitrogens with zero attached hydrogens (tertiary/aromatic N) is 3. The first kappa shape index (κ1) is 19.1. The maximum absolute atomic E-state index is 12.2. The molecule has 0 saturated heterocycles. The maximum Gasteiger partial charge on any atom is 0.240 e. The van der Waals surface area contributed by atoms with Gasteiger partial charge in [0.1, 0.15) is 0 Å². The lowest BCUT2D eigenvalue weighted by atomic mass is 9.97. The van der Waals surface area contributed by atoms with Gasteiger partial charge in [-0.2, -0.15) is 5.10 Å². The van der Waals surface area contributed by atoms with Crippen LogP contribution < -0.4 is 4.72 Å². The summed E-state index contributed by atoms with van der Waals surface area (Å²) < 4.78 is 25.2. The molecule has 3 aromatic rings. The van der Waals surface area contributed by atoms with Crippen molar-refractivity contribution in [3.63, 3.8) is 0 Å². The van der Waals surface area contributed by atoms with Gasteiger partial charge >= 0.3 is 0 Å². The summed E-state index contributed by atoms with van der Waals surface area (Å²) >= 11 is 0. The summed E-state index contributed by atoms with van der Waals surface area (Å²) in [6, 6.07) is 16.6. The highest BCUT2D eigenvalue weighted by Gasteiger charge is 2.31. The molecule has 1 amide bonds. The normalized spacial score (nSPS) is 16.7. The molecule has 7 nitrogen and oxygen atoms in total. The van der Waals surface area contributed by atoms with Gasteiger partial charge in [-0.1, -0.05) is 24.3 Å². The molecule has 1 aliphatic rings. The van der Waals surface area contributed by atoms with Crippen molar-refractivity contribution < 1.29 is 13.2 Å². The zero-order valence-corrected chi connectivity index (χ0v) is 16.8. The third-order valence-corrected chi connectivity index (χ3v) is 5.37. The number of nitrogens with one attached hydrogen (secondary N) is 1. The predicted octanol–water partition coefficient (Wildman–Crippen LogP) is 3.30. The molecule has 2 aromatic carbocycles. The highest BCUT2D eigenvalue weighted by atomic mass is 32.2. The molecule has 1 aromatic heterocycles. The molecule has 0 unspecified atom stereocenters. The van der Waals surface area contributed by atoms with E-state index in [0.717, 1.165) is 34.0 Å². The summed E-state index contributed by atoms with van der Waals surface area (Å²) in [4.78, 5) is 16.6. The molecule has 1 aliphatic heterocycles. The van der Waals surface area contributed by atoms with Crippen molar-refractivity contribution in [2.75, 3.05) is 11.0 Å². The fraction of sp³-hybridized carbons (Fsp3) is 0.190. The summed E-state index contributed by atoms with van der Waals surface area (Å²) in [6.45, 7) is 1.50. The number of carbonyl (C=O) groups excluding carboxylic acids is 1. The molecule has 29 heavy (non-hydrogen) atoms. The third kappa shape index (κ3) is 4.12. The second kappa shape index (κ2) is 7.29. The smallest absolute Gasteiger partial charge is 0.240 e. The number of fused-ring (bicyclic) bond motifs is 1. The van der Waals surface area contributed by atoms with Crippen molar-refractivity contribution in [3.05, 3.63) is 71.9 Å². The van der Waals surface area contributed by atoms with Crippen LogP contribution in [0.4, 0.5) is 5.69 Å². The van der Waals surface area contributed by atoms with E-state index in [-0.39, 0.29) is 11.9 Å². The van der Waals surface area contributed by atoms with Crippen LogP contribution in [0, 0.1) is 0 Å². The number of amides is 1. The van der Waals surface area contributed by atoms with Crippen LogP contribution in [0.2, 0.25) is 0 Å². The largest absolute Gasteiger partial charge is 0.284 e. The minimum absolute atomic E-state index is 0.133. The Morgan fingerprint density at radius 2 is 1.90 bits per heavy atom. The predicted molar refractivity (Wildman–Crippen MR) is 113 cm³/mol. The number of benzene rings is 2. The van der Waals surface area contributed by atoms with Gasteiger partial charge in [-0.15, -0.1) is 0 Å². The number of sulfonamides is 1. The molecular weight excluding hydrogens is 388 g/mol. The van der Waals surface area contributed by atoms with Crippen molar-refractivity contribution in [2.45, 2.75) is 19.4 Å². The van der Waals surface area contributed by atoms with Crippen molar-refractivity contribution in [1.29, 1.82) is 0 Å². The van der Waals surface area contributed by atoms with Gasteiger partial charge in [-0.25, -0.2) is 13.4 Å². The number of hydrogen-bond acceptors (Lipinski definition) is 5. The number of pyridine rings is 1. The van der Waals surface area contributed by atoms with Crippen LogP contribution >= 0.6 is 0 Å². The Hall–Kier alpha value is -3.26. The molecular formula is C21H20N4O3S. The van der Waals surface area contributed by atoms with E-state index in [0.29, 0.717) is 12.1 Å². The van der Waals surface area contributed by atoms with Crippen molar-refractivity contribution in [1.82, 2.24) is 9.99 Å². The fourth-order valence-corrected chi connectivity index (χ4v) is 4.05. The van der Waals surface area contributed by atoms with Crippen LogP contribution in [0.15, 0.2) is 65.9 Å². The van der Waals surface area contributed by atoms with Gasteiger partial charge in [0, 0.05) is 30.6 Å². The topological polar surface area (TPSA) is 91.7 Å². The van der Waals surface area contributed by atoms with Crippen LogP contribution in [0.5, 0.6) is 0 Å². The Labute approximate surface area is 169 Å². The summed E-state index contributed by atoms with van der Waals surface area (Å²) in [5.74, 6) is -0.133. The van der Waals surface area contributed by atoms with E-state index in [9.17, 15) is 13.2 Å². The lowest BCUT2D eigenvalue weighted by Crippen LogP contribution is -2.24. The SMILES string of the molecule is CC(=O)N1N=C(c2ccc(NS(C)(=O)=O)cc2)C[C@@H]1c1ccc2ncccc2c1. The van der Waals surface area contributed by atoms with Crippen LogP contribution in [-0.4, -0.2) is 36.3 Å². The zero-order valence-electron chi connectivity index (χ0n) is 16.0. The van der Waals surface area contributed by atoms with Gasteiger partial charge in [0.15, 0.2) is 0 Å². The molecule has 1 atom stereocenters. The average molecular weight is 408 g/mol. The quantitative estimate of drug-likeness (QED) is 0.717. The Kier molecular flexibility index (Phi) is 4.79. The lowest BCUT2D eigenvalue weighted by Gasteiger charge is -2.20. The van der Waals surface area contributed by atoms with E-state index in [1.54, 1.807) is 30.5 Å². The molecule has 4 rings (SSSR count). The standard InChI is InChI=1S/C21H20N4O3S/c1-14(26)25-21(17-7-10-19-16(12-17)4-3-11-22-19)13-20(23-25)15-5-8-18(9-6-15)24-29(2,27)28/h3-12,21,24H,13H2,1-2H3/t21-/m1/s1. The first-order valence-electron chi connectivity index (χ1n) is 9.10. The third-order valence-electron chi connectivity index (χ3n) is 4.77. The number of carbonyl (C=O) groups is 1. The van der Waals surface area contributed by atoms with Gasteiger partial charge in [0.25, 0.3) is 0 Å². The zero-order chi connectivity index (χ0) is 20.6. The van der Waals surface area contributed by atoms with E-state index in [2.05, 4.69) is 14.8 Å². The van der Waals surface area contributed by atoms with E-state index < -0.39 is 10.0 Å². The Balaban J connectivity index is 1.63. The molecule has 0 fully saturated rings. The molecule has 0 saturated carbocycles. The average Bonchev–Trinajstić information content (AvgIpc) is 3.13. The minimum Gasteiger partial charge on any atom is -0.284 e. The lowest BCUT2D eigenvalue weighted by molar-refractivity contribution is -0.130. The summed E-state index contributed by atoms with van der Waals surface area (Å²) in [5, 5.41) is 7.07. The summed E-state index contributed by atoms with van der Waals surface area (Å²) in [6.07, 6.45) is 3.43. The van der Waals surface area contributed by atoms with E-state index in [1.807, 2.05) is 30.3 Å². The first-order valence-corrected chi connectivity index (χ1v) is 11.0. The summed E-state index contributed by atoms with van der Waals surface area (Å²) in [7, 11) is -3.33. The van der Waals surface area contributed by atoms with Crippen LogP contribution in [0.25, 0.3) is 10.9 Å². The molecule has 148 valence electrons. The van der Waals surface area contributed by atoms with E-state index >= 15 is 0 Å². The Morgan fingerprint density at radius 3 is 2.59 bits per heavy atom. The van der Waals surface area contributed by atoms with Gasteiger partial charge in [-0.3, -0.25) is 14.5 Å². The highest BCUT2D eigenvalue weighted by Crippen LogP contribution is 2.34. The molecule has 0 radical (unpaired) electrons. The Bertz CT molecular complexity index is 1220. The summed E-state index contributed by atoms with van der Waals surface area (Å²) in [5.41, 5.74) is 4.01. The highest BCUT2D eigenvalue weighted by molar-refractivity contribution is 7.92. The maximum atomic E-state index is 12.2. The van der Waals surface area contributed by atoms with E-state index in [4.69, 9.17) is 0 Å². The monoisotopic (exact) mass is 408 g/mol. The fourth-order valence-electron chi connectivity index (χ4n) is 3.48. The van der Waals surface area contributed by atoms with Gasteiger partial charge in [0.2, 0.25) is 15.9 Å². The Morgan fingerprint density at radius 1 is 1.14 bits per heavy atom. The molecule has 0 aliphatic carbocycles. The molecule has 0 spiro atoms. The minimum atomic E-state index is -3.33. The van der Waals surface area contributed by atoms with Gasteiger partial charge < -0.3 is 0 Å². The van der Waals surface area contributed by atoms with Gasteiger partial charge in [0.05, 0.1) is 23.5 Å². The number of rotatable bonds is 4. The first-order chi connectivity index (χ1) is 13.8. The molecule has 8 heteroatoms. The van der Waals surface area contributed by atoms with Gasteiger partial charge in [-0.05, 0) is 41.5 Å².